The first kappa shape index (κ1) is 13.5. The molecule has 0 unspecified atom stereocenters. The van der Waals surface area contributed by atoms with Crippen molar-refractivity contribution >= 4 is 33.4 Å². The van der Waals surface area contributed by atoms with Crippen molar-refractivity contribution in [2.24, 2.45) is 7.05 Å². The van der Waals surface area contributed by atoms with Gasteiger partial charge in [0.2, 0.25) is 0 Å². The number of amides is 1. The van der Waals surface area contributed by atoms with E-state index in [2.05, 4.69) is 10.3 Å². The zero-order chi connectivity index (χ0) is 15.8. The van der Waals surface area contributed by atoms with Gasteiger partial charge in [-0.3, -0.25) is 4.79 Å². The first-order valence-electron chi connectivity index (χ1n) is 7.42. The zero-order valence-corrected chi connectivity index (χ0v) is 12.7. The van der Waals surface area contributed by atoms with Crippen LogP contribution >= 0.6 is 0 Å². The number of benzene rings is 3. The van der Waals surface area contributed by atoms with Gasteiger partial charge in [0.25, 0.3) is 5.91 Å². The fraction of sp³-hybridized carbons (Fsp3) is 0.0526. The molecule has 4 aromatic rings. The van der Waals surface area contributed by atoms with Crippen molar-refractivity contribution in [3.05, 3.63) is 72.6 Å². The Morgan fingerprint density at radius 1 is 1.04 bits per heavy atom. The molecule has 0 aliphatic heterocycles. The number of hydrogen-bond acceptors (Lipinski definition) is 2. The van der Waals surface area contributed by atoms with Gasteiger partial charge in [-0.25, -0.2) is 4.98 Å². The van der Waals surface area contributed by atoms with Crippen LogP contribution in [-0.4, -0.2) is 15.5 Å². The Morgan fingerprint density at radius 3 is 2.78 bits per heavy atom. The van der Waals surface area contributed by atoms with Crippen LogP contribution in [0.4, 0.5) is 5.69 Å². The lowest BCUT2D eigenvalue weighted by Gasteiger charge is -2.09. The summed E-state index contributed by atoms with van der Waals surface area (Å²) < 4.78 is 1.93. The minimum atomic E-state index is -0.131. The molecule has 23 heavy (non-hydrogen) atoms. The van der Waals surface area contributed by atoms with Crippen LogP contribution in [0.2, 0.25) is 0 Å². The van der Waals surface area contributed by atoms with E-state index in [0.29, 0.717) is 5.56 Å². The average Bonchev–Trinajstić information content (AvgIpc) is 2.96. The van der Waals surface area contributed by atoms with Crippen molar-refractivity contribution in [3.63, 3.8) is 0 Å². The van der Waals surface area contributed by atoms with Crippen LogP contribution in [0.25, 0.3) is 21.8 Å². The van der Waals surface area contributed by atoms with Crippen LogP contribution in [0.1, 0.15) is 10.4 Å². The van der Waals surface area contributed by atoms with E-state index in [0.717, 1.165) is 27.5 Å². The fourth-order valence-corrected chi connectivity index (χ4v) is 2.81. The molecule has 112 valence electrons. The highest BCUT2D eigenvalue weighted by molar-refractivity contribution is 6.10. The normalized spacial score (nSPS) is 11.0. The Kier molecular flexibility index (Phi) is 3.08. The summed E-state index contributed by atoms with van der Waals surface area (Å²) in [4.78, 5) is 16.9. The first-order chi connectivity index (χ1) is 11.2. The second-order valence-electron chi connectivity index (χ2n) is 5.54. The number of hydrogen-bond donors (Lipinski definition) is 1. The van der Waals surface area contributed by atoms with Crippen LogP contribution in [-0.2, 0) is 7.05 Å². The number of imidazole rings is 1. The van der Waals surface area contributed by atoms with Crippen molar-refractivity contribution in [2.75, 3.05) is 5.32 Å². The van der Waals surface area contributed by atoms with Gasteiger partial charge in [0.15, 0.2) is 0 Å². The predicted octanol–water partition coefficient (Wildman–Crippen LogP) is 3.98. The summed E-state index contributed by atoms with van der Waals surface area (Å²) in [5, 5.41) is 5.13. The lowest BCUT2D eigenvalue weighted by molar-refractivity contribution is 0.102. The summed E-state index contributed by atoms with van der Waals surface area (Å²) in [5.74, 6) is -0.131. The number of nitrogens with one attached hydrogen (secondary N) is 1. The van der Waals surface area contributed by atoms with Crippen molar-refractivity contribution in [1.82, 2.24) is 9.55 Å². The molecule has 1 amide bonds. The number of anilines is 1. The van der Waals surface area contributed by atoms with E-state index < -0.39 is 0 Å². The maximum Gasteiger partial charge on any atom is 0.255 e. The summed E-state index contributed by atoms with van der Waals surface area (Å²) >= 11 is 0. The largest absolute Gasteiger partial charge is 0.334 e. The molecule has 0 saturated carbocycles. The van der Waals surface area contributed by atoms with Crippen LogP contribution in [0.15, 0.2) is 67.0 Å². The summed E-state index contributed by atoms with van der Waals surface area (Å²) in [5.41, 5.74) is 3.24. The number of aryl methyl sites for hydroxylation is 1. The molecule has 4 rings (SSSR count). The highest BCUT2D eigenvalue weighted by atomic mass is 16.1. The quantitative estimate of drug-likeness (QED) is 0.609. The standard InChI is InChI=1S/C19H15N3O/c1-22-12-20-17-11-14(9-10-18(17)22)19(23)21-16-8-4-6-13-5-2-3-7-15(13)16/h2-12H,1H3,(H,21,23). The van der Waals surface area contributed by atoms with Crippen LogP contribution in [0.5, 0.6) is 0 Å². The number of nitrogens with zero attached hydrogens (tertiary/aromatic N) is 2. The SMILES string of the molecule is Cn1cnc2cc(C(=O)Nc3cccc4ccccc34)ccc21. The summed E-state index contributed by atoms with van der Waals surface area (Å²) in [6.45, 7) is 0. The molecule has 0 spiro atoms. The maximum atomic E-state index is 12.6. The van der Waals surface area contributed by atoms with Crippen LogP contribution in [0.3, 0.4) is 0 Å². The molecule has 0 aliphatic rings. The molecular formula is C19H15N3O. The van der Waals surface area contributed by atoms with Gasteiger partial charge in [0.1, 0.15) is 0 Å². The number of carbonyl (C=O) groups excluding carboxylic acids is 1. The van der Waals surface area contributed by atoms with E-state index in [1.54, 1.807) is 6.33 Å². The van der Waals surface area contributed by atoms with Crippen LogP contribution < -0.4 is 5.32 Å². The van der Waals surface area contributed by atoms with Gasteiger partial charge >= 0.3 is 0 Å². The van der Waals surface area contributed by atoms with E-state index in [1.165, 1.54) is 0 Å². The minimum absolute atomic E-state index is 0.131. The Balaban J connectivity index is 1.70. The molecule has 0 fully saturated rings. The van der Waals surface area contributed by atoms with Gasteiger partial charge in [-0.15, -0.1) is 0 Å². The highest BCUT2D eigenvalue weighted by Crippen LogP contribution is 2.24. The fourth-order valence-electron chi connectivity index (χ4n) is 2.81. The third-order valence-corrected chi connectivity index (χ3v) is 4.03. The van der Waals surface area contributed by atoms with Gasteiger partial charge in [-0.1, -0.05) is 36.4 Å². The first-order valence-corrected chi connectivity index (χ1v) is 7.42. The molecule has 4 heteroatoms. The highest BCUT2D eigenvalue weighted by Gasteiger charge is 2.10. The van der Waals surface area contributed by atoms with E-state index in [1.807, 2.05) is 72.3 Å². The molecule has 0 atom stereocenters. The molecule has 0 saturated heterocycles. The Labute approximate surface area is 133 Å². The third-order valence-electron chi connectivity index (χ3n) is 4.03. The molecule has 0 bridgehead atoms. The Morgan fingerprint density at radius 2 is 1.87 bits per heavy atom. The van der Waals surface area contributed by atoms with Gasteiger partial charge in [0, 0.05) is 23.7 Å². The average molecular weight is 301 g/mol. The summed E-state index contributed by atoms with van der Waals surface area (Å²) in [6, 6.07) is 19.4. The summed E-state index contributed by atoms with van der Waals surface area (Å²) in [7, 11) is 1.94. The second kappa shape index (κ2) is 5.25. The van der Waals surface area contributed by atoms with Crippen molar-refractivity contribution in [3.8, 4) is 0 Å². The van der Waals surface area contributed by atoms with E-state index in [4.69, 9.17) is 0 Å². The van der Waals surface area contributed by atoms with Crippen LogP contribution in [0, 0.1) is 0 Å². The number of rotatable bonds is 2. The van der Waals surface area contributed by atoms with Gasteiger partial charge in [-0.05, 0) is 29.7 Å². The second-order valence-corrected chi connectivity index (χ2v) is 5.54. The molecular weight excluding hydrogens is 286 g/mol. The smallest absolute Gasteiger partial charge is 0.255 e. The minimum Gasteiger partial charge on any atom is -0.334 e. The van der Waals surface area contributed by atoms with Gasteiger partial charge < -0.3 is 9.88 Å². The topological polar surface area (TPSA) is 46.9 Å². The molecule has 4 nitrogen and oxygen atoms in total. The van der Waals surface area contributed by atoms with E-state index in [9.17, 15) is 4.79 Å². The summed E-state index contributed by atoms with van der Waals surface area (Å²) in [6.07, 6.45) is 1.75. The molecule has 0 radical (unpaired) electrons. The lowest BCUT2D eigenvalue weighted by Crippen LogP contribution is -2.12. The van der Waals surface area contributed by atoms with Crippen molar-refractivity contribution < 1.29 is 4.79 Å². The Bertz CT molecular complexity index is 1030. The predicted molar refractivity (Wildman–Crippen MR) is 92.6 cm³/mol. The third kappa shape index (κ3) is 2.34. The monoisotopic (exact) mass is 301 g/mol. The number of fused-ring (bicyclic) bond motifs is 2. The lowest BCUT2D eigenvalue weighted by atomic mass is 10.1. The molecule has 1 aromatic heterocycles. The van der Waals surface area contributed by atoms with Gasteiger partial charge in [0.05, 0.1) is 17.4 Å². The Hall–Kier alpha value is -3.14. The zero-order valence-electron chi connectivity index (χ0n) is 12.7. The maximum absolute atomic E-state index is 12.6. The van der Waals surface area contributed by atoms with E-state index >= 15 is 0 Å². The molecule has 1 heterocycles. The van der Waals surface area contributed by atoms with Crippen molar-refractivity contribution in [2.45, 2.75) is 0 Å². The number of carbonyl (C=O) groups is 1. The van der Waals surface area contributed by atoms with Crippen molar-refractivity contribution in [1.29, 1.82) is 0 Å². The van der Waals surface area contributed by atoms with Gasteiger partial charge in [-0.2, -0.15) is 0 Å². The molecule has 1 N–H and O–H groups in total. The number of aromatic nitrogens is 2. The van der Waals surface area contributed by atoms with E-state index in [-0.39, 0.29) is 5.91 Å². The molecule has 3 aromatic carbocycles. The molecule has 0 aliphatic carbocycles.